The van der Waals surface area contributed by atoms with E-state index in [1.165, 1.54) is 4.90 Å². The fourth-order valence-corrected chi connectivity index (χ4v) is 3.22. The third-order valence-corrected chi connectivity index (χ3v) is 4.61. The van der Waals surface area contributed by atoms with E-state index in [0.29, 0.717) is 35.2 Å². The number of hydrogen-bond donors (Lipinski definition) is 1. The fraction of sp³-hybridized carbons (Fsp3) is 0.348. The number of hydrogen-bond acceptors (Lipinski definition) is 5. The number of benzene rings is 2. The minimum absolute atomic E-state index is 0.156. The fourth-order valence-electron chi connectivity index (χ4n) is 3.22. The maximum Gasteiger partial charge on any atom is 0.338 e. The molecular weight excluding hydrogens is 384 g/mol. The van der Waals surface area contributed by atoms with Gasteiger partial charge in [0, 0.05) is 12.5 Å². The standard InChI is InChI=1S/C23H26N2O5/c1-15(2)13-29-18-8-6-7-17(12-18)23(28)30-14-22(27)25-16(3)11-21(26)24-19-9-4-5-10-20(19)25/h4-10,12,15-16H,11,13-14H2,1-3H3,(H,24,26)/t16-/m1/s1. The molecule has 0 spiro atoms. The lowest BCUT2D eigenvalue weighted by atomic mass is 10.1. The molecule has 1 N–H and O–H groups in total. The highest BCUT2D eigenvalue weighted by Gasteiger charge is 2.30. The van der Waals surface area contributed by atoms with Crippen LogP contribution in [0.15, 0.2) is 48.5 Å². The Morgan fingerprint density at radius 2 is 1.93 bits per heavy atom. The highest BCUT2D eigenvalue weighted by molar-refractivity contribution is 6.05. The largest absolute Gasteiger partial charge is 0.493 e. The SMILES string of the molecule is CC(C)COc1cccc(C(=O)OCC(=O)N2c3ccccc3NC(=O)C[C@H]2C)c1. The zero-order valence-electron chi connectivity index (χ0n) is 17.4. The van der Waals surface area contributed by atoms with Crippen molar-refractivity contribution in [1.82, 2.24) is 0 Å². The Morgan fingerprint density at radius 1 is 1.17 bits per heavy atom. The minimum atomic E-state index is -0.608. The van der Waals surface area contributed by atoms with Crippen LogP contribution in [-0.4, -0.2) is 37.0 Å². The second-order valence-electron chi connectivity index (χ2n) is 7.69. The Labute approximate surface area is 176 Å². The Balaban J connectivity index is 1.68. The molecule has 7 heteroatoms. The molecule has 0 saturated carbocycles. The highest BCUT2D eigenvalue weighted by atomic mass is 16.5. The molecule has 0 radical (unpaired) electrons. The summed E-state index contributed by atoms with van der Waals surface area (Å²) >= 11 is 0. The van der Waals surface area contributed by atoms with E-state index < -0.39 is 18.5 Å². The molecule has 0 bridgehead atoms. The zero-order valence-corrected chi connectivity index (χ0v) is 17.4. The zero-order chi connectivity index (χ0) is 21.7. The van der Waals surface area contributed by atoms with Gasteiger partial charge < -0.3 is 19.7 Å². The molecule has 0 fully saturated rings. The summed E-state index contributed by atoms with van der Waals surface area (Å²) in [6, 6.07) is 13.4. The van der Waals surface area contributed by atoms with Crippen molar-refractivity contribution in [2.45, 2.75) is 33.2 Å². The lowest BCUT2D eigenvalue weighted by Gasteiger charge is -2.27. The second-order valence-corrected chi connectivity index (χ2v) is 7.69. The van der Waals surface area contributed by atoms with Gasteiger partial charge in [0.2, 0.25) is 5.91 Å². The van der Waals surface area contributed by atoms with Gasteiger partial charge in [0.05, 0.1) is 23.5 Å². The summed E-state index contributed by atoms with van der Waals surface area (Å²) in [6.07, 6.45) is 0.156. The number of ether oxygens (including phenoxy) is 2. The van der Waals surface area contributed by atoms with Gasteiger partial charge in [-0.25, -0.2) is 4.79 Å². The van der Waals surface area contributed by atoms with Crippen LogP contribution in [0.2, 0.25) is 0 Å². The average molecular weight is 410 g/mol. The first-order valence-corrected chi connectivity index (χ1v) is 9.96. The lowest BCUT2D eigenvalue weighted by Crippen LogP contribution is -2.41. The van der Waals surface area contributed by atoms with Crippen LogP contribution in [0, 0.1) is 5.92 Å². The van der Waals surface area contributed by atoms with Crippen LogP contribution in [0.5, 0.6) is 5.75 Å². The van der Waals surface area contributed by atoms with Gasteiger partial charge in [-0.3, -0.25) is 9.59 Å². The van der Waals surface area contributed by atoms with Crippen molar-refractivity contribution in [2.75, 3.05) is 23.4 Å². The van der Waals surface area contributed by atoms with Gasteiger partial charge in [0.25, 0.3) is 5.91 Å². The number of rotatable bonds is 6. The van der Waals surface area contributed by atoms with Gasteiger partial charge in [0.15, 0.2) is 6.61 Å². The summed E-state index contributed by atoms with van der Waals surface area (Å²) in [5.41, 5.74) is 1.45. The van der Waals surface area contributed by atoms with E-state index in [2.05, 4.69) is 5.32 Å². The molecule has 0 saturated heterocycles. The van der Waals surface area contributed by atoms with Crippen LogP contribution in [0.4, 0.5) is 11.4 Å². The van der Waals surface area contributed by atoms with Gasteiger partial charge in [-0.2, -0.15) is 0 Å². The molecule has 158 valence electrons. The van der Waals surface area contributed by atoms with Gasteiger partial charge in [-0.1, -0.05) is 32.0 Å². The molecule has 1 aliphatic rings. The molecule has 0 unspecified atom stereocenters. The molecule has 1 atom stereocenters. The minimum Gasteiger partial charge on any atom is -0.493 e. The predicted molar refractivity (Wildman–Crippen MR) is 114 cm³/mol. The number of esters is 1. The van der Waals surface area contributed by atoms with Crippen molar-refractivity contribution in [2.24, 2.45) is 5.92 Å². The van der Waals surface area contributed by atoms with Gasteiger partial charge >= 0.3 is 5.97 Å². The summed E-state index contributed by atoms with van der Waals surface area (Å²) in [7, 11) is 0. The monoisotopic (exact) mass is 410 g/mol. The lowest BCUT2D eigenvalue weighted by molar-refractivity contribution is -0.122. The first-order valence-electron chi connectivity index (χ1n) is 9.96. The van der Waals surface area contributed by atoms with Crippen LogP contribution in [0.25, 0.3) is 0 Å². The predicted octanol–water partition coefficient (Wildman–Crippen LogP) is 3.64. The molecule has 0 aromatic heterocycles. The number of nitrogens with one attached hydrogen (secondary N) is 1. The molecule has 1 aliphatic heterocycles. The first-order chi connectivity index (χ1) is 14.3. The summed E-state index contributed by atoms with van der Waals surface area (Å²) in [6.45, 7) is 5.97. The normalized spacial score (nSPS) is 15.8. The molecule has 1 heterocycles. The van der Waals surface area contributed by atoms with E-state index in [-0.39, 0.29) is 18.4 Å². The number of para-hydroxylation sites is 2. The highest BCUT2D eigenvalue weighted by Crippen LogP contribution is 2.31. The number of amides is 2. The van der Waals surface area contributed by atoms with E-state index in [0.717, 1.165) is 0 Å². The van der Waals surface area contributed by atoms with Crippen LogP contribution < -0.4 is 15.0 Å². The number of carbonyl (C=O) groups is 3. The molecule has 0 aliphatic carbocycles. The van der Waals surface area contributed by atoms with Crippen LogP contribution >= 0.6 is 0 Å². The third-order valence-electron chi connectivity index (χ3n) is 4.61. The van der Waals surface area contributed by atoms with Crippen molar-refractivity contribution in [3.05, 3.63) is 54.1 Å². The smallest absolute Gasteiger partial charge is 0.338 e. The summed E-state index contributed by atoms with van der Waals surface area (Å²) in [5.74, 6) is -0.238. The molecule has 2 amide bonds. The summed E-state index contributed by atoms with van der Waals surface area (Å²) in [5, 5.41) is 2.80. The van der Waals surface area contributed by atoms with E-state index in [1.807, 2.05) is 13.8 Å². The van der Waals surface area contributed by atoms with Crippen molar-refractivity contribution >= 4 is 29.2 Å². The van der Waals surface area contributed by atoms with E-state index >= 15 is 0 Å². The molecular formula is C23H26N2O5. The first kappa shape index (κ1) is 21.4. The van der Waals surface area contributed by atoms with E-state index in [1.54, 1.807) is 55.5 Å². The summed E-state index contributed by atoms with van der Waals surface area (Å²) in [4.78, 5) is 38.9. The Morgan fingerprint density at radius 3 is 2.70 bits per heavy atom. The topological polar surface area (TPSA) is 84.9 Å². The van der Waals surface area contributed by atoms with E-state index in [9.17, 15) is 14.4 Å². The number of carbonyl (C=O) groups excluding carboxylic acids is 3. The maximum absolute atomic E-state index is 12.9. The number of nitrogens with zero attached hydrogens (tertiary/aromatic N) is 1. The average Bonchev–Trinajstić information content (AvgIpc) is 2.84. The van der Waals surface area contributed by atoms with Crippen LogP contribution in [-0.2, 0) is 14.3 Å². The summed E-state index contributed by atoms with van der Waals surface area (Å²) < 4.78 is 10.9. The van der Waals surface area contributed by atoms with Crippen molar-refractivity contribution in [3.63, 3.8) is 0 Å². The van der Waals surface area contributed by atoms with Crippen LogP contribution in [0.3, 0.4) is 0 Å². The Bertz CT molecular complexity index is 941. The van der Waals surface area contributed by atoms with Gasteiger partial charge in [-0.05, 0) is 43.2 Å². The Kier molecular flexibility index (Phi) is 6.72. The molecule has 3 rings (SSSR count). The molecule has 2 aromatic carbocycles. The molecule has 30 heavy (non-hydrogen) atoms. The van der Waals surface area contributed by atoms with E-state index in [4.69, 9.17) is 9.47 Å². The third kappa shape index (κ3) is 5.17. The number of anilines is 2. The Hall–Kier alpha value is -3.35. The van der Waals surface area contributed by atoms with Crippen molar-refractivity contribution in [1.29, 1.82) is 0 Å². The molecule has 7 nitrogen and oxygen atoms in total. The van der Waals surface area contributed by atoms with Crippen LogP contribution in [0.1, 0.15) is 37.6 Å². The van der Waals surface area contributed by atoms with Crippen molar-refractivity contribution in [3.8, 4) is 5.75 Å². The maximum atomic E-state index is 12.9. The number of fused-ring (bicyclic) bond motifs is 1. The second kappa shape index (κ2) is 9.43. The van der Waals surface area contributed by atoms with Gasteiger partial charge in [0.1, 0.15) is 5.75 Å². The molecule has 2 aromatic rings. The van der Waals surface area contributed by atoms with Crippen molar-refractivity contribution < 1.29 is 23.9 Å². The quantitative estimate of drug-likeness (QED) is 0.735. The van der Waals surface area contributed by atoms with Gasteiger partial charge in [-0.15, -0.1) is 0 Å².